The van der Waals surface area contributed by atoms with Gasteiger partial charge in [0.05, 0.1) is 18.4 Å². The number of halogens is 3. The second kappa shape index (κ2) is 11.4. The molecule has 1 fully saturated rings. The third-order valence-corrected chi connectivity index (χ3v) is 5.16. The molecule has 2 aromatic rings. The number of nitrogens with zero attached hydrogens (tertiary/aromatic N) is 1. The number of aromatic nitrogens is 1. The van der Waals surface area contributed by atoms with Crippen molar-refractivity contribution in [2.75, 3.05) is 6.61 Å². The number of aliphatic carboxylic acids is 1. The fourth-order valence-corrected chi connectivity index (χ4v) is 3.15. The van der Waals surface area contributed by atoms with Gasteiger partial charge in [0.1, 0.15) is 5.92 Å². The lowest BCUT2D eigenvalue weighted by molar-refractivity contribution is -0.139. The van der Waals surface area contributed by atoms with Gasteiger partial charge in [-0.1, -0.05) is 6.92 Å². The first kappa shape index (κ1) is 27.2. The van der Waals surface area contributed by atoms with Crippen molar-refractivity contribution in [1.29, 1.82) is 5.41 Å². The molecule has 1 aromatic heterocycles. The summed E-state index contributed by atoms with van der Waals surface area (Å²) in [6.45, 7) is 0.395. The predicted molar refractivity (Wildman–Crippen MR) is 120 cm³/mol. The number of carboxylic acid groups (broad SMARTS) is 1. The summed E-state index contributed by atoms with van der Waals surface area (Å²) in [7, 11) is 0. The number of rotatable bonds is 12. The van der Waals surface area contributed by atoms with Crippen LogP contribution < -0.4 is 15.2 Å². The number of alkyl halides is 2. The van der Waals surface area contributed by atoms with Gasteiger partial charge in [-0.3, -0.25) is 9.59 Å². The molecule has 9 nitrogen and oxygen atoms in total. The average Bonchev–Trinajstić information content (AvgIpc) is 3.47. The number of hydrogen-bond donors (Lipinski definition) is 3. The van der Waals surface area contributed by atoms with Crippen LogP contribution >= 0.6 is 12.4 Å². The molecule has 0 spiro atoms. The van der Waals surface area contributed by atoms with Gasteiger partial charge in [0.2, 0.25) is 11.7 Å². The highest BCUT2D eigenvalue weighted by Crippen LogP contribution is 2.37. The summed E-state index contributed by atoms with van der Waals surface area (Å²) >= 11 is 0. The highest BCUT2D eigenvalue weighted by Gasteiger charge is 2.32. The standard InChI is InChI=1S/C22H25F2N3O6.ClH/c1-3-13(21(29)30)16(26)18(28)17-19(10(2)25)33-20(27-17)12-6-7-14(32-22(23)24)15(8-12)31-9-11-4-5-11;/h6-8,10-11,13,22,26H,3-5,9,25H2,1-2H3,(H,29,30);1H/t10-,13-;/m0./s1. The van der Waals surface area contributed by atoms with Crippen LogP contribution in [-0.2, 0) is 4.79 Å². The zero-order valence-corrected chi connectivity index (χ0v) is 19.4. The molecule has 1 aliphatic rings. The third-order valence-electron chi connectivity index (χ3n) is 5.16. The molecule has 1 saturated carbocycles. The lowest BCUT2D eigenvalue weighted by Gasteiger charge is -2.12. The van der Waals surface area contributed by atoms with Crippen molar-refractivity contribution >= 4 is 29.9 Å². The summed E-state index contributed by atoms with van der Waals surface area (Å²) in [6, 6.07) is 3.31. The summed E-state index contributed by atoms with van der Waals surface area (Å²) in [6.07, 6.45) is 2.04. The smallest absolute Gasteiger partial charge is 0.387 e. The Morgan fingerprint density at radius 2 is 2.00 bits per heavy atom. The molecule has 34 heavy (non-hydrogen) atoms. The van der Waals surface area contributed by atoms with Crippen LogP contribution in [0.2, 0.25) is 0 Å². The van der Waals surface area contributed by atoms with E-state index < -0.39 is 36.0 Å². The maximum Gasteiger partial charge on any atom is 0.387 e. The molecule has 12 heteroatoms. The van der Waals surface area contributed by atoms with Crippen molar-refractivity contribution < 1.29 is 37.4 Å². The van der Waals surface area contributed by atoms with Crippen LogP contribution in [0, 0.1) is 17.2 Å². The maximum atomic E-state index is 12.9. The molecule has 0 saturated heterocycles. The van der Waals surface area contributed by atoms with Gasteiger partial charge in [-0.2, -0.15) is 8.78 Å². The zero-order chi connectivity index (χ0) is 24.3. The van der Waals surface area contributed by atoms with Gasteiger partial charge in [-0.15, -0.1) is 12.4 Å². The van der Waals surface area contributed by atoms with Gasteiger partial charge in [0, 0.05) is 5.56 Å². The normalized spacial score (nSPS) is 14.8. The minimum atomic E-state index is -3.04. The number of nitrogens with two attached hydrogens (primary N) is 1. The first-order chi connectivity index (χ1) is 15.6. The number of nitrogens with one attached hydrogen (secondary N) is 1. The van der Waals surface area contributed by atoms with E-state index in [1.54, 1.807) is 13.8 Å². The molecule has 1 heterocycles. The average molecular weight is 502 g/mol. The largest absolute Gasteiger partial charge is 0.489 e. The van der Waals surface area contributed by atoms with E-state index in [1.807, 2.05) is 0 Å². The van der Waals surface area contributed by atoms with Crippen LogP contribution in [0.5, 0.6) is 11.5 Å². The first-order valence-electron chi connectivity index (χ1n) is 10.5. The lowest BCUT2D eigenvalue weighted by Crippen LogP contribution is -2.30. The molecule has 1 aliphatic carbocycles. The number of carboxylic acids is 1. The molecule has 0 bridgehead atoms. The van der Waals surface area contributed by atoms with Gasteiger partial charge in [-0.25, -0.2) is 4.98 Å². The minimum Gasteiger partial charge on any atom is -0.489 e. The van der Waals surface area contributed by atoms with Crippen molar-refractivity contribution in [3.8, 4) is 23.0 Å². The quantitative estimate of drug-likeness (QED) is 0.284. The zero-order valence-electron chi connectivity index (χ0n) is 18.5. The fourth-order valence-electron chi connectivity index (χ4n) is 3.15. The molecule has 0 unspecified atom stereocenters. The van der Waals surface area contributed by atoms with E-state index in [4.69, 9.17) is 20.3 Å². The van der Waals surface area contributed by atoms with E-state index in [2.05, 4.69) is 9.72 Å². The van der Waals surface area contributed by atoms with Crippen LogP contribution in [0.1, 0.15) is 55.4 Å². The molecule has 0 amide bonds. The molecule has 2 atom stereocenters. The van der Waals surface area contributed by atoms with Crippen molar-refractivity contribution in [2.45, 2.75) is 45.8 Å². The predicted octanol–water partition coefficient (Wildman–Crippen LogP) is 4.49. The number of carbonyl (C=O) groups excluding carboxylic acids is 1. The summed E-state index contributed by atoms with van der Waals surface area (Å²) < 4.78 is 41.4. The summed E-state index contributed by atoms with van der Waals surface area (Å²) in [5.41, 5.74) is 5.31. The highest BCUT2D eigenvalue weighted by atomic mass is 35.5. The Morgan fingerprint density at radius 3 is 2.53 bits per heavy atom. The minimum absolute atomic E-state index is 0. The Labute approximate surface area is 200 Å². The van der Waals surface area contributed by atoms with Crippen molar-refractivity contribution in [3.63, 3.8) is 0 Å². The third kappa shape index (κ3) is 6.29. The van der Waals surface area contributed by atoms with Gasteiger partial charge < -0.3 is 30.1 Å². The number of ether oxygens (including phenoxy) is 2. The topological polar surface area (TPSA) is 149 Å². The van der Waals surface area contributed by atoms with Crippen LogP contribution in [0.15, 0.2) is 22.6 Å². The van der Waals surface area contributed by atoms with Crippen LogP contribution in [-0.4, -0.2) is 40.8 Å². The first-order valence-corrected chi connectivity index (χ1v) is 10.5. The number of ketones is 1. The van der Waals surface area contributed by atoms with E-state index >= 15 is 0 Å². The molecule has 3 rings (SSSR count). The van der Waals surface area contributed by atoms with Crippen LogP contribution in [0.3, 0.4) is 0 Å². The van der Waals surface area contributed by atoms with E-state index in [9.17, 15) is 23.5 Å². The van der Waals surface area contributed by atoms with Crippen molar-refractivity contribution in [1.82, 2.24) is 4.98 Å². The van der Waals surface area contributed by atoms with Gasteiger partial charge in [0.25, 0.3) is 0 Å². The second-order valence-corrected chi connectivity index (χ2v) is 7.86. The molecule has 186 valence electrons. The Morgan fingerprint density at radius 1 is 1.32 bits per heavy atom. The monoisotopic (exact) mass is 501 g/mol. The number of Topliss-reactive ketones (excluding diaryl/α,β-unsaturated/α-hetero) is 1. The Hall–Kier alpha value is -3.05. The number of carbonyl (C=O) groups is 2. The van der Waals surface area contributed by atoms with Crippen molar-refractivity contribution in [3.05, 3.63) is 29.7 Å². The van der Waals surface area contributed by atoms with Gasteiger partial charge in [0.15, 0.2) is 23.0 Å². The van der Waals surface area contributed by atoms with Crippen molar-refractivity contribution in [2.24, 2.45) is 17.6 Å². The van der Waals surface area contributed by atoms with Gasteiger partial charge in [-0.05, 0) is 50.3 Å². The molecular weight excluding hydrogens is 476 g/mol. The Bertz CT molecular complexity index is 1060. The van der Waals surface area contributed by atoms with E-state index in [-0.39, 0.29) is 47.7 Å². The van der Waals surface area contributed by atoms with Gasteiger partial charge >= 0.3 is 12.6 Å². The van der Waals surface area contributed by atoms with Crippen LogP contribution in [0.4, 0.5) is 8.78 Å². The number of oxazole rings is 1. The van der Waals surface area contributed by atoms with Crippen LogP contribution in [0.25, 0.3) is 11.5 Å². The molecule has 4 N–H and O–H groups in total. The fraction of sp³-hybridized carbons (Fsp3) is 0.455. The second-order valence-electron chi connectivity index (χ2n) is 7.86. The Kier molecular flexibility index (Phi) is 9.11. The highest BCUT2D eigenvalue weighted by molar-refractivity contribution is 6.47. The SMILES string of the molecule is CC[C@@H](C(=N)C(=O)c1nc(-c2ccc(OC(F)F)c(OCC3CC3)c2)oc1[C@H](C)N)C(=O)O.Cl. The van der Waals surface area contributed by atoms with E-state index in [1.165, 1.54) is 18.2 Å². The molecule has 0 radical (unpaired) electrons. The summed E-state index contributed by atoms with van der Waals surface area (Å²) in [4.78, 5) is 28.4. The molecule has 1 aromatic carbocycles. The maximum absolute atomic E-state index is 12.9. The van der Waals surface area contributed by atoms with E-state index in [0.29, 0.717) is 18.1 Å². The summed E-state index contributed by atoms with van der Waals surface area (Å²) in [5.74, 6) is -3.31. The van der Waals surface area contributed by atoms with E-state index in [0.717, 1.165) is 12.8 Å². The molecule has 0 aliphatic heterocycles. The number of hydrogen-bond acceptors (Lipinski definition) is 8. The lowest BCUT2D eigenvalue weighted by atomic mass is 9.95. The number of benzene rings is 1. The summed E-state index contributed by atoms with van der Waals surface area (Å²) in [5, 5.41) is 17.3. The Balaban J connectivity index is 0.00000408. The molecular formula is C22H26ClF2N3O6.